The van der Waals surface area contributed by atoms with E-state index in [2.05, 4.69) is 32.5 Å². The SMILES string of the molecule is Cc1ccc(Oc2ccc3c(-c4ccc(C5CC(C#N)CO5)c(-n5nc(C#N)cc5C)n4)cnn3c2)nn1. The first kappa shape index (κ1) is 23.3. The van der Waals surface area contributed by atoms with Gasteiger partial charge in [0, 0.05) is 22.9 Å². The van der Waals surface area contributed by atoms with E-state index in [-0.39, 0.29) is 12.0 Å². The van der Waals surface area contributed by atoms with Crippen molar-refractivity contribution in [3.63, 3.8) is 0 Å². The number of ether oxygens (including phenoxy) is 2. The van der Waals surface area contributed by atoms with Crippen LogP contribution < -0.4 is 4.74 Å². The summed E-state index contributed by atoms with van der Waals surface area (Å²) in [5, 5.41) is 35.7. The van der Waals surface area contributed by atoms with Gasteiger partial charge in [-0.05, 0) is 50.6 Å². The molecular formula is C27H21N9O2. The van der Waals surface area contributed by atoms with Gasteiger partial charge in [-0.3, -0.25) is 0 Å². The summed E-state index contributed by atoms with van der Waals surface area (Å²) in [6.07, 6.45) is 3.78. The molecule has 0 amide bonds. The third-order valence-corrected chi connectivity index (χ3v) is 6.40. The molecule has 2 atom stereocenters. The van der Waals surface area contributed by atoms with Gasteiger partial charge in [0.2, 0.25) is 5.88 Å². The van der Waals surface area contributed by atoms with E-state index < -0.39 is 0 Å². The minimum Gasteiger partial charge on any atom is -0.436 e. The van der Waals surface area contributed by atoms with Crippen molar-refractivity contribution in [1.82, 2.24) is 34.6 Å². The van der Waals surface area contributed by atoms with Crippen molar-refractivity contribution in [3.8, 4) is 40.8 Å². The Balaban J connectivity index is 1.39. The van der Waals surface area contributed by atoms with E-state index in [0.717, 1.165) is 28.0 Å². The molecular weight excluding hydrogens is 482 g/mol. The second-order valence-electron chi connectivity index (χ2n) is 9.06. The fourth-order valence-electron chi connectivity index (χ4n) is 4.49. The maximum absolute atomic E-state index is 9.38. The van der Waals surface area contributed by atoms with Crippen LogP contribution in [0.2, 0.25) is 0 Å². The maximum Gasteiger partial charge on any atom is 0.238 e. The van der Waals surface area contributed by atoms with E-state index in [4.69, 9.17) is 14.5 Å². The molecule has 38 heavy (non-hydrogen) atoms. The Morgan fingerprint density at radius 3 is 2.71 bits per heavy atom. The Morgan fingerprint density at radius 1 is 1.08 bits per heavy atom. The van der Waals surface area contributed by atoms with E-state index in [1.54, 1.807) is 33.7 Å². The molecule has 0 aromatic carbocycles. The van der Waals surface area contributed by atoms with Crippen molar-refractivity contribution in [3.05, 3.63) is 77.5 Å². The molecule has 11 heteroatoms. The van der Waals surface area contributed by atoms with Gasteiger partial charge in [0.15, 0.2) is 11.5 Å². The zero-order valence-electron chi connectivity index (χ0n) is 20.6. The topological polar surface area (TPSA) is 140 Å². The van der Waals surface area contributed by atoms with Crippen molar-refractivity contribution in [2.45, 2.75) is 26.4 Å². The lowest BCUT2D eigenvalue weighted by Gasteiger charge is -2.16. The highest BCUT2D eigenvalue weighted by Crippen LogP contribution is 2.36. The van der Waals surface area contributed by atoms with E-state index in [1.807, 2.05) is 44.2 Å². The predicted octanol–water partition coefficient (Wildman–Crippen LogP) is 4.25. The van der Waals surface area contributed by atoms with Crippen LogP contribution in [0.3, 0.4) is 0 Å². The number of fused-ring (bicyclic) bond motifs is 1. The Kier molecular flexibility index (Phi) is 5.75. The fourth-order valence-corrected chi connectivity index (χ4v) is 4.49. The molecule has 0 radical (unpaired) electrons. The van der Waals surface area contributed by atoms with Crippen LogP contribution in [-0.4, -0.2) is 41.2 Å². The highest BCUT2D eigenvalue weighted by Gasteiger charge is 2.30. The first-order valence-corrected chi connectivity index (χ1v) is 12.0. The molecule has 5 aromatic heterocycles. The van der Waals surface area contributed by atoms with Crippen molar-refractivity contribution in [2.24, 2.45) is 5.92 Å². The van der Waals surface area contributed by atoms with Gasteiger partial charge in [0.1, 0.15) is 11.8 Å². The molecule has 6 rings (SSSR count). The van der Waals surface area contributed by atoms with Crippen molar-refractivity contribution in [1.29, 1.82) is 10.5 Å². The van der Waals surface area contributed by atoms with Crippen LogP contribution in [0.15, 0.2) is 54.9 Å². The lowest BCUT2D eigenvalue weighted by Crippen LogP contribution is -2.10. The summed E-state index contributed by atoms with van der Waals surface area (Å²) in [7, 11) is 0. The number of nitriles is 2. The molecule has 0 N–H and O–H groups in total. The minimum atomic E-state index is -0.293. The Hall–Kier alpha value is -5.13. The summed E-state index contributed by atoms with van der Waals surface area (Å²) in [6.45, 7) is 4.10. The number of pyridine rings is 2. The molecule has 0 bridgehead atoms. The van der Waals surface area contributed by atoms with Gasteiger partial charge >= 0.3 is 0 Å². The van der Waals surface area contributed by atoms with Crippen LogP contribution in [0.1, 0.15) is 35.2 Å². The maximum atomic E-state index is 9.38. The summed E-state index contributed by atoms with van der Waals surface area (Å²) in [5.41, 5.74) is 5.00. The van der Waals surface area contributed by atoms with Crippen LogP contribution in [0.25, 0.3) is 22.6 Å². The van der Waals surface area contributed by atoms with Gasteiger partial charge in [-0.1, -0.05) is 6.07 Å². The second-order valence-corrected chi connectivity index (χ2v) is 9.06. The molecule has 5 aromatic rings. The molecule has 2 unspecified atom stereocenters. The third-order valence-electron chi connectivity index (χ3n) is 6.40. The molecule has 0 aliphatic carbocycles. The van der Waals surface area contributed by atoms with Crippen molar-refractivity contribution in [2.75, 3.05) is 6.61 Å². The van der Waals surface area contributed by atoms with Gasteiger partial charge in [-0.2, -0.15) is 25.8 Å². The normalized spacial score (nSPS) is 16.8. The van der Waals surface area contributed by atoms with Gasteiger partial charge in [0.05, 0.1) is 54.0 Å². The van der Waals surface area contributed by atoms with Crippen LogP contribution in [-0.2, 0) is 4.74 Å². The minimum absolute atomic E-state index is 0.178. The molecule has 1 aliphatic rings. The number of nitrogens with zero attached hydrogens (tertiary/aromatic N) is 9. The van der Waals surface area contributed by atoms with Crippen LogP contribution >= 0.6 is 0 Å². The van der Waals surface area contributed by atoms with Gasteiger partial charge in [0.25, 0.3) is 0 Å². The largest absolute Gasteiger partial charge is 0.436 e. The Bertz CT molecular complexity index is 1740. The molecule has 11 nitrogen and oxygen atoms in total. The molecule has 1 aliphatic heterocycles. The van der Waals surface area contributed by atoms with E-state index in [9.17, 15) is 10.5 Å². The van der Waals surface area contributed by atoms with E-state index in [0.29, 0.717) is 41.9 Å². The number of aryl methyl sites for hydroxylation is 2. The van der Waals surface area contributed by atoms with Crippen LogP contribution in [0, 0.1) is 42.4 Å². The summed E-state index contributed by atoms with van der Waals surface area (Å²) in [5.74, 6) is 1.34. The molecule has 1 saturated heterocycles. The number of aromatic nitrogens is 7. The summed E-state index contributed by atoms with van der Waals surface area (Å²) >= 11 is 0. The number of hydrogen-bond acceptors (Lipinski definition) is 9. The molecule has 0 saturated carbocycles. The summed E-state index contributed by atoms with van der Waals surface area (Å²) in [4.78, 5) is 4.96. The van der Waals surface area contributed by atoms with Crippen molar-refractivity contribution >= 4 is 5.52 Å². The number of rotatable bonds is 5. The molecule has 6 heterocycles. The van der Waals surface area contributed by atoms with Gasteiger partial charge in [-0.25, -0.2) is 14.2 Å². The van der Waals surface area contributed by atoms with E-state index >= 15 is 0 Å². The number of hydrogen-bond donors (Lipinski definition) is 0. The van der Waals surface area contributed by atoms with Crippen molar-refractivity contribution < 1.29 is 9.47 Å². The standard InChI is InChI=1S/C27H21N9O2/c1-16-3-8-26(33-32-16)38-20-4-7-24-22(13-30-35(24)14-20)23-6-5-21(25-10-18(11-28)15-37-25)27(31-23)36-17(2)9-19(12-29)34-36/h3-9,13-14,18,25H,10,15H2,1-2H3. The Labute approximate surface area is 217 Å². The van der Waals surface area contributed by atoms with Gasteiger partial charge < -0.3 is 9.47 Å². The zero-order valence-corrected chi connectivity index (χ0v) is 20.6. The summed E-state index contributed by atoms with van der Waals surface area (Å²) in [6, 6.07) is 17.3. The highest BCUT2D eigenvalue weighted by atomic mass is 16.5. The average molecular weight is 504 g/mol. The lowest BCUT2D eigenvalue weighted by atomic mass is 10.0. The molecule has 186 valence electrons. The molecule has 0 spiro atoms. The van der Waals surface area contributed by atoms with Crippen LogP contribution in [0.5, 0.6) is 11.6 Å². The van der Waals surface area contributed by atoms with Crippen LogP contribution in [0.4, 0.5) is 0 Å². The predicted molar refractivity (Wildman–Crippen MR) is 134 cm³/mol. The second kappa shape index (κ2) is 9.39. The highest BCUT2D eigenvalue weighted by molar-refractivity contribution is 5.78. The van der Waals surface area contributed by atoms with E-state index in [1.165, 1.54) is 0 Å². The van der Waals surface area contributed by atoms with Gasteiger partial charge in [-0.15, -0.1) is 5.10 Å². The first-order chi connectivity index (χ1) is 18.5. The Morgan fingerprint density at radius 2 is 1.97 bits per heavy atom. The fraction of sp³-hybridized carbons (Fsp3) is 0.222. The monoisotopic (exact) mass is 503 g/mol. The summed E-state index contributed by atoms with van der Waals surface area (Å²) < 4.78 is 15.1. The quantitative estimate of drug-likeness (QED) is 0.344. The lowest BCUT2D eigenvalue weighted by molar-refractivity contribution is 0.109. The smallest absolute Gasteiger partial charge is 0.238 e. The molecule has 1 fully saturated rings. The average Bonchev–Trinajstić information content (AvgIpc) is 3.67. The third kappa shape index (κ3) is 4.21. The zero-order chi connectivity index (χ0) is 26.2. The first-order valence-electron chi connectivity index (χ1n) is 12.0.